The van der Waals surface area contributed by atoms with Crippen LogP contribution in [-0.2, 0) is 75.9 Å². The number of unbranched alkanes of at least 4 members (excludes halogenated alkanes) is 12. The lowest BCUT2D eigenvalue weighted by atomic mass is 9.84. The fourth-order valence-electron chi connectivity index (χ4n) is 18.9. The second-order valence-corrected chi connectivity index (χ2v) is 40.2. The lowest BCUT2D eigenvalue weighted by Gasteiger charge is -2.40. The molecular formula is C124H142F14N4O8. The molecule has 0 bridgehead atoms. The minimum atomic E-state index is -5.50. The molecule has 0 saturated carbocycles. The predicted molar refractivity (Wildman–Crippen MR) is 572 cm³/mol. The van der Waals surface area contributed by atoms with Gasteiger partial charge in [-0.1, -0.05) is 184 Å². The van der Waals surface area contributed by atoms with Gasteiger partial charge in [0.1, 0.15) is 0 Å². The topological polar surface area (TPSA) is 86.8 Å². The first-order valence-electron chi connectivity index (χ1n) is 54.0. The van der Waals surface area contributed by atoms with E-state index in [9.17, 15) is 61.5 Å². The molecule has 804 valence electrons. The minimum absolute atomic E-state index is 0.207. The van der Waals surface area contributed by atoms with Crippen molar-refractivity contribution in [3.63, 3.8) is 0 Å². The first-order chi connectivity index (χ1) is 73.3. The minimum Gasteiger partial charge on any atom is -0.381 e. The molecule has 0 N–H and O–H groups in total. The third-order valence-corrected chi connectivity index (χ3v) is 29.1. The van der Waals surface area contributed by atoms with E-state index in [1.165, 1.54) is 58.7 Å². The average Bonchev–Trinajstić information content (AvgIpc) is 0.789. The maximum absolute atomic E-state index is 14.7. The Bertz CT molecular complexity index is 5650. The predicted octanol–water partition coefficient (Wildman–Crippen LogP) is 35.5. The van der Waals surface area contributed by atoms with Crippen LogP contribution >= 0.6 is 0 Å². The summed E-state index contributed by atoms with van der Waals surface area (Å²) in [4.78, 5) is 7.75. The molecule has 0 unspecified atom stereocenters. The van der Waals surface area contributed by atoms with Crippen molar-refractivity contribution in [1.29, 1.82) is 0 Å². The van der Waals surface area contributed by atoms with Gasteiger partial charge in [0, 0.05) is 131 Å². The highest BCUT2D eigenvalue weighted by atomic mass is 19.5. The molecule has 4 aliphatic heterocycles. The standard InChI is InChI=1S/C62H70F6N2O4.C60H68F4N2O4.CF4.CH4/c1-3-59(43-73-44-59)41-71-39-11-7-5-9-13-47-15-27-53(28-16-47)69(57-35-23-51(24-36-57)61(63,64)65)55-31-19-49(20-32-55)50-21-33-56(34-22-50)70(58-37-25-52(26-38-58)62(66,67)68)54-29-17-48(18-30-54)14-10-6-8-12-40-72-42-60(4-2)45-74-46-60;1-3-59(41-69-42-59)39-67-35-11-7-5-9-13-45-15-23-49(24-16-45)65(53-31-33-55(61)57(63)37-53)51-27-19-47(20-28-51)48-21-29-52(30-22-48)66(54-32-34-56(62)58(64)38-54)50-25-17-46(18-26-50)14-10-6-8-12-36-68-40-60(4-2)43-70-44-60;2-1(3,4)5;/h15-38H,3-14,39-46H2,1-2H3;15-34,37-38H,3-14,35-36,39-44H2,1-2H3;;1H4/i;;;1T2. The summed E-state index contributed by atoms with van der Waals surface area (Å²) in [6, 6.07) is 83.1. The van der Waals surface area contributed by atoms with Gasteiger partial charge in [-0.05, 0) is 317 Å². The number of ether oxygens (including phenoxy) is 8. The highest BCUT2D eigenvalue weighted by Crippen LogP contribution is 2.46. The largest absolute Gasteiger partial charge is 0.559 e. The second kappa shape index (κ2) is 55.7. The molecule has 0 radical (unpaired) electrons. The molecule has 4 aliphatic rings. The number of alkyl halides is 10. The van der Waals surface area contributed by atoms with Gasteiger partial charge in [0.25, 0.3) is 0 Å². The summed E-state index contributed by atoms with van der Waals surface area (Å²) in [5.74, 6) is -3.64. The molecule has 12 aromatic carbocycles. The van der Waals surface area contributed by atoms with E-state index >= 15 is 0 Å². The average molecular weight is 2090 g/mol. The summed E-state index contributed by atoms with van der Waals surface area (Å²) < 4.78 is 236. The Balaban J connectivity index is 0.000000236. The number of rotatable bonds is 54. The van der Waals surface area contributed by atoms with Gasteiger partial charge in [0.2, 0.25) is 0 Å². The van der Waals surface area contributed by atoms with Crippen LogP contribution in [0.4, 0.5) is 130 Å². The van der Waals surface area contributed by atoms with E-state index in [2.05, 4.69) is 76.2 Å². The summed E-state index contributed by atoms with van der Waals surface area (Å²) in [7, 11) is -0.250. The normalized spacial score (nSPS) is 14.9. The molecule has 0 aromatic heterocycles. The number of hydrogen-bond donors (Lipinski definition) is 0. The van der Waals surface area contributed by atoms with Crippen LogP contribution in [0.2, 0.25) is 0 Å². The van der Waals surface area contributed by atoms with Crippen molar-refractivity contribution < 1.29 is 102 Å². The molecule has 4 heterocycles. The molecule has 16 rings (SSSR count). The summed E-state index contributed by atoms with van der Waals surface area (Å²) in [6.45, 7) is 21.4. The number of aryl methyl sites for hydroxylation is 4. The van der Waals surface area contributed by atoms with E-state index in [-0.39, 0.29) is 29.0 Å². The van der Waals surface area contributed by atoms with Crippen molar-refractivity contribution in [2.24, 2.45) is 21.7 Å². The van der Waals surface area contributed by atoms with E-state index < -0.39 is 53.2 Å². The number of nitrogens with zero attached hydrogens (tertiary/aromatic N) is 4. The van der Waals surface area contributed by atoms with E-state index in [1.807, 2.05) is 165 Å². The van der Waals surface area contributed by atoms with Crippen LogP contribution in [-0.4, -0.2) is 112 Å². The zero-order valence-electron chi connectivity index (χ0n) is 88.4. The number of hydrogen-bond acceptors (Lipinski definition) is 12. The molecule has 0 atom stereocenters. The second-order valence-electron chi connectivity index (χ2n) is 40.2. The highest BCUT2D eigenvalue weighted by Gasteiger charge is 2.41. The Morgan fingerprint density at radius 3 is 0.593 bits per heavy atom. The van der Waals surface area contributed by atoms with Gasteiger partial charge in [-0.3, -0.25) is 0 Å². The fraction of sp³-hybridized carbons (Fsp3) is 0.419. The Kier molecular flexibility index (Phi) is 41.8. The first kappa shape index (κ1) is 113. The lowest BCUT2D eigenvalue weighted by molar-refractivity contribution is -0.237. The third-order valence-electron chi connectivity index (χ3n) is 29.1. The van der Waals surface area contributed by atoms with Crippen molar-refractivity contribution in [1.82, 2.24) is 0 Å². The van der Waals surface area contributed by atoms with Gasteiger partial charge < -0.3 is 57.5 Å². The van der Waals surface area contributed by atoms with Gasteiger partial charge in [-0.15, -0.1) is 17.6 Å². The van der Waals surface area contributed by atoms with Crippen molar-refractivity contribution in [3.8, 4) is 22.3 Å². The highest BCUT2D eigenvalue weighted by molar-refractivity contribution is 5.84. The molecule has 4 fully saturated rings. The van der Waals surface area contributed by atoms with Crippen molar-refractivity contribution in [3.05, 3.63) is 336 Å². The summed E-state index contributed by atoms with van der Waals surface area (Å²) in [5.41, 5.74) is 16.6. The van der Waals surface area contributed by atoms with Gasteiger partial charge >= 0.3 is 18.8 Å². The lowest BCUT2D eigenvalue weighted by Crippen LogP contribution is -2.45. The maximum Gasteiger partial charge on any atom is 0.559 e. The van der Waals surface area contributed by atoms with E-state index in [1.54, 1.807) is 12.1 Å². The van der Waals surface area contributed by atoms with Crippen LogP contribution in [0.1, 0.15) is 200 Å². The molecule has 150 heavy (non-hydrogen) atoms. The molecule has 12 aromatic rings. The Morgan fingerprint density at radius 1 is 0.247 bits per heavy atom. The smallest absolute Gasteiger partial charge is 0.381 e. The van der Waals surface area contributed by atoms with Crippen LogP contribution in [0.3, 0.4) is 0 Å². The van der Waals surface area contributed by atoms with Crippen LogP contribution in [0.5, 0.6) is 0 Å². The zero-order chi connectivity index (χ0) is 108. The van der Waals surface area contributed by atoms with E-state index in [0.717, 1.165) is 364 Å². The number of anilines is 12. The quantitative estimate of drug-likeness (QED) is 0.0269. The van der Waals surface area contributed by atoms with Gasteiger partial charge in [-0.2, -0.15) is 26.3 Å². The Hall–Kier alpha value is -11.5. The molecule has 12 nitrogen and oxygen atoms in total. The molecule has 4 saturated heterocycles. The molecule has 26 heteroatoms. The first-order valence-corrected chi connectivity index (χ1v) is 52.5. The Morgan fingerprint density at radius 2 is 0.420 bits per heavy atom. The molecular weight excluding hydrogens is 1940 g/mol. The summed E-state index contributed by atoms with van der Waals surface area (Å²) >= 11 is 0. The van der Waals surface area contributed by atoms with Crippen LogP contribution in [0.15, 0.2) is 279 Å². The van der Waals surface area contributed by atoms with Crippen LogP contribution in [0.25, 0.3) is 22.3 Å². The number of benzene rings is 12. The van der Waals surface area contributed by atoms with E-state index in [4.69, 9.17) is 40.6 Å². The SMILES string of the molecule is CCC1(COCCCCCCc2ccc(N(c3ccc(-c4ccc(N(c5ccc(CCCCCCOCC6(CC)COC6)cc5)c5ccc(C(F)(F)F)cc5)cc4)cc3)c3ccc(C(F)(F)F)cc3)cc2)COC1.CCC1(COCCCCCCc2ccc(N(c3ccc(-c4ccc(N(c5ccc(CCCCCCOCC6(CC)COC6)cc5)c5ccc(F)c(F)c5)cc4)cc3)c3ccc(F)c(F)c3)cc2)COC1.FC(F)(F)F.[3H]C[3H]. The van der Waals surface area contributed by atoms with Gasteiger partial charge in [-0.25, -0.2) is 17.6 Å². The number of halogens is 14. The van der Waals surface area contributed by atoms with Crippen LogP contribution < -0.4 is 19.6 Å². The third kappa shape index (κ3) is 33.3. The molecule has 0 amide bonds. The fourth-order valence-corrected chi connectivity index (χ4v) is 18.9. The summed E-state index contributed by atoms with van der Waals surface area (Å²) in [6.07, 6.45) is 11.0. The van der Waals surface area contributed by atoms with Crippen molar-refractivity contribution in [2.45, 2.75) is 208 Å². The van der Waals surface area contributed by atoms with E-state index in [0.29, 0.717) is 22.7 Å². The zero-order valence-corrected chi connectivity index (χ0v) is 86.4. The summed E-state index contributed by atoms with van der Waals surface area (Å²) in [5, 5.41) is 0. The van der Waals surface area contributed by atoms with Gasteiger partial charge in [0.05, 0.1) is 90.4 Å². The maximum atomic E-state index is 14.7. The Labute approximate surface area is 878 Å². The molecule has 0 aliphatic carbocycles. The van der Waals surface area contributed by atoms with Crippen molar-refractivity contribution >= 4 is 68.2 Å². The van der Waals surface area contributed by atoms with Crippen LogP contribution in [0, 0.1) is 44.9 Å². The monoisotopic (exact) mass is 2090 g/mol. The molecule has 0 spiro atoms. The van der Waals surface area contributed by atoms with Gasteiger partial charge in [0.15, 0.2) is 23.3 Å². The van der Waals surface area contributed by atoms with Crippen molar-refractivity contribution in [2.75, 3.05) is 125 Å².